The van der Waals surface area contributed by atoms with E-state index in [1.807, 2.05) is 0 Å². The second-order valence-corrected chi connectivity index (χ2v) is 12.1. The first-order chi connectivity index (χ1) is 15.5. The van der Waals surface area contributed by atoms with E-state index in [2.05, 4.69) is 10.0 Å². The topological polar surface area (TPSA) is 95.5 Å². The first-order valence-electron chi connectivity index (χ1n) is 11.5. The normalized spacial score (nSPS) is 30.3. The summed E-state index contributed by atoms with van der Waals surface area (Å²) in [6, 6.07) is 10.3. The lowest BCUT2D eigenvalue weighted by molar-refractivity contribution is -0.167. The van der Waals surface area contributed by atoms with Gasteiger partial charge in [0.1, 0.15) is 5.82 Å². The predicted octanol–water partition coefficient (Wildman–Crippen LogP) is 4.59. The monoisotopic (exact) mass is 472 g/mol. The van der Waals surface area contributed by atoms with E-state index in [0.29, 0.717) is 35.9 Å². The number of aryl methyl sites for hydroxylation is 1. The third-order valence-electron chi connectivity index (χ3n) is 7.57. The van der Waals surface area contributed by atoms with E-state index in [-0.39, 0.29) is 21.9 Å². The highest BCUT2D eigenvalue weighted by molar-refractivity contribution is 7.92. The molecule has 1 amide bonds. The van der Waals surface area contributed by atoms with Crippen molar-refractivity contribution in [3.05, 3.63) is 53.8 Å². The first-order valence-corrected chi connectivity index (χ1v) is 12.9. The van der Waals surface area contributed by atoms with Crippen LogP contribution >= 0.6 is 0 Å². The fraction of sp³-hybridized carbons (Fsp3) is 0.480. The zero-order valence-corrected chi connectivity index (χ0v) is 19.4. The van der Waals surface area contributed by atoms with Crippen molar-refractivity contribution < 1.29 is 22.7 Å². The maximum absolute atomic E-state index is 14.0. The third-order valence-corrected chi connectivity index (χ3v) is 9.07. The van der Waals surface area contributed by atoms with Crippen LogP contribution in [0.2, 0.25) is 0 Å². The van der Waals surface area contributed by atoms with Crippen LogP contribution < -0.4 is 10.0 Å². The molecule has 0 saturated heterocycles. The maximum atomic E-state index is 14.0. The molecule has 4 aliphatic rings. The van der Waals surface area contributed by atoms with Crippen molar-refractivity contribution in [2.45, 2.75) is 62.4 Å². The second-order valence-electron chi connectivity index (χ2n) is 10.5. The molecule has 4 fully saturated rings. The first kappa shape index (κ1) is 22.3. The lowest BCUT2D eigenvalue weighted by Crippen LogP contribution is -2.56. The molecule has 0 aliphatic heterocycles. The molecule has 6 nitrogen and oxygen atoms in total. The summed E-state index contributed by atoms with van der Waals surface area (Å²) >= 11 is 0. The van der Waals surface area contributed by atoms with Gasteiger partial charge in [0, 0.05) is 12.1 Å². The summed E-state index contributed by atoms with van der Waals surface area (Å²) in [5, 5.41) is 13.8. The number of benzene rings is 2. The molecule has 0 heterocycles. The van der Waals surface area contributed by atoms with Crippen molar-refractivity contribution in [2.75, 3.05) is 10.0 Å². The van der Waals surface area contributed by atoms with Crippen molar-refractivity contribution in [3.8, 4) is 0 Å². The third kappa shape index (κ3) is 4.38. The Labute approximate surface area is 193 Å². The minimum absolute atomic E-state index is 0.0207. The molecule has 3 N–H and O–H groups in total. The standard InChI is InChI=1S/C25H29FN2O4S/c1-16-6-7-19(9-22(16)33(31,32)28-21-5-3-2-4-20(21)26)27-23(29)14-24-10-17-8-18(11-24)13-25(30,12-17)15-24/h2-7,9,17-18,28,30H,8,10-15H2,1H3,(H,27,29). The molecule has 2 atom stereocenters. The van der Waals surface area contributed by atoms with Crippen molar-refractivity contribution in [1.29, 1.82) is 0 Å². The molecular weight excluding hydrogens is 443 g/mol. The number of rotatable bonds is 6. The van der Waals surface area contributed by atoms with Gasteiger partial charge in [-0.25, -0.2) is 12.8 Å². The van der Waals surface area contributed by atoms with E-state index >= 15 is 0 Å². The smallest absolute Gasteiger partial charge is 0.262 e. The Morgan fingerprint density at radius 2 is 1.82 bits per heavy atom. The lowest BCUT2D eigenvalue weighted by atomic mass is 9.47. The van der Waals surface area contributed by atoms with Gasteiger partial charge < -0.3 is 10.4 Å². The highest BCUT2D eigenvalue weighted by Crippen LogP contribution is 2.62. The van der Waals surface area contributed by atoms with Gasteiger partial charge in [0.05, 0.1) is 16.2 Å². The van der Waals surface area contributed by atoms with Crippen molar-refractivity contribution in [3.63, 3.8) is 0 Å². The molecule has 33 heavy (non-hydrogen) atoms. The second kappa shape index (κ2) is 7.81. The fourth-order valence-corrected chi connectivity index (χ4v) is 8.20. The Bertz CT molecular complexity index is 1200. The minimum atomic E-state index is -4.05. The molecule has 0 spiro atoms. The van der Waals surface area contributed by atoms with E-state index in [1.165, 1.54) is 24.3 Å². The van der Waals surface area contributed by atoms with Gasteiger partial charge in [0.15, 0.2) is 0 Å². The van der Waals surface area contributed by atoms with Gasteiger partial charge in [-0.3, -0.25) is 9.52 Å². The van der Waals surface area contributed by atoms with Gasteiger partial charge >= 0.3 is 0 Å². The van der Waals surface area contributed by atoms with Crippen molar-refractivity contribution >= 4 is 27.3 Å². The van der Waals surface area contributed by atoms with Gasteiger partial charge in [-0.15, -0.1) is 0 Å². The zero-order valence-electron chi connectivity index (χ0n) is 18.6. The average Bonchev–Trinajstić information content (AvgIpc) is 2.68. The quantitative estimate of drug-likeness (QED) is 0.573. The van der Waals surface area contributed by atoms with E-state index in [9.17, 15) is 22.7 Å². The number of carbonyl (C=O) groups is 1. The lowest BCUT2D eigenvalue weighted by Gasteiger charge is -2.60. The van der Waals surface area contributed by atoms with Gasteiger partial charge in [0.2, 0.25) is 5.91 Å². The molecule has 8 heteroatoms. The van der Waals surface area contributed by atoms with Crippen LogP contribution in [0.15, 0.2) is 47.4 Å². The Morgan fingerprint density at radius 3 is 2.48 bits per heavy atom. The number of anilines is 2. The predicted molar refractivity (Wildman–Crippen MR) is 124 cm³/mol. The Morgan fingerprint density at radius 1 is 1.12 bits per heavy atom. The van der Waals surface area contributed by atoms with E-state index < -0.39 is 21.4 Å². The molecule has 4 aliphatic carbocycles. The minimum Gasteiger partial charge on any atom is -0.390 e. The van der Waals surface area contributed by atoms with Gasteiger partial charge in [-0.1, -0.05) is 18.2 Å². The molecule has 4 bridgehead atoms. The highest BCUT2D eigenvalue weighted by atomic mass is 32.2. The summed E-state index contributed by atoms with van der Waals surface area (Å²) in [6.07, 6.45) is 5.78. The van der Waals surface area contributed by atoms with Gasteiger partial charge in [0.25, 0.3) is 10.0 Å². The highest BCUT2D eigenvalue weighted by Gasteiger charge is 2.57. The number of carbonyl (C=O) groups excluding carboxylic acids is 1. The number of para-hydroxylation sites is 1. The van der Waals surface area contributed by atoms with Crippen molar-refractivity contribution in [1.82, 2.24) is 0 Å². The summed E-state index contributed by atoms with van der Waals surface area (Å²) in [5.41, 5.74) is -0.0721. The van der Waals surface area contributed by atoms with E-state index in [1.54, 1.807) is 25.1 Å². The van der Waals surface area contributed by atoms with Crippen LogP contribution in [-0.2, 0) is 14.8 Å². The molecule has 0 radical (unpaired) electrons. The number of nitrogens with one attached hydrogen (secondary N) is 2. The van der Waals surface area contributed by atoms with Crippen molar-refractivity contribution in [2.24, 2.45) is 17.3 Å². The molecule has 4 saturated carbocycles. The molecule has 0 aromatic heterocycles. The van der Waals surface area contributed by atoms with Crippen LogP contribution in [0.3, 0.4) is 0 Å². The van der Waals surface area contributed by atoms with Crippen LogP contribution in [0.5, 0.6) is 0 Å². The Balaban J connectivity index is 1.32. The van der Waals surface area contributed by atoms with Crippen LogP contribution in [0.25, 0.3) is 0 Å². The number of amides is 1. The number of sulfonamides is 1. The van der Waals surface area contributed by atoms with Crippen LogP contribution in [0.4, 0.5) is 15.8 Å². The van der Waals surface area contributed by atoms with Crippen LogP contribution in [-0.4, -0.2) is 25.0 Å². The van der Waals surface area contributed by atoms with E-state index in [0.717, 1.165) is 32.1 Å². The molecule has 176 valence electrons. The number of aliphatic hydroxyl groups is 1. The summed E-state index contributed by atoms with van der Waals surface area (Å²) in [4.78, 5) is 13.0. The number of halogens is 1. The number of hydrogen-bond acceptors (Lipinski definition) is 4. The molecule has 2 aromatic rings. The largest absolute Gasteiger partial charge is 0.390 e. The Hall–Kier alpha value is -2.45. The summed E-state index contributed by atoms with van der Waals surface area (Å²) in [5.74, 6) is 0.143. The number of hydrogen-bond donors (Lipinski definition) is 3. The molecular formula is C25H29FN2O4S. The molecule has 2 unspecified atom stereocenters. The maximum Gasteiger partial charge on any atom is 0.262 e. The summed E-state index contributed by atoms with van der Waals surface area (Å²) < 4.78 is 42.1. The Kier molecular flexibility index (Phi) is 5.29. The SMILES string of the molecule is Cc1ccc(NC(=O)CC23CC4CC(CC(O)(C4)C2)C3)cc1S(=O)(=O)Nc1ccccc1F. The molecule has 2 aromatic carbocycles. The van der Waals surface area contributed by atoms with Crippen LogP contribution in [0.1, 0.15) is 50.5 Å². The zero-order chi connectivity index (χ0) is 23.4. The summed E-state index contributed by atoms with van der Waals surface area (Å²) in [6.45, 7) is 1.65. The molecule has 6 rings (SSSR count). The van der Waals surface area contributed by atoms with E-state index in [4.69, 9.17) is 0 Å². The van der Waals surface area contributed by atoms with Gasteiger partial charge in [-0.2, -0.15) is 0 Å². The fourth-order valence-electron chi connectivity index (χ4n) is 6.87. The van der Waals surface area contributed by atoms with Crippen LogP contribution in [0, 0.1) is 30.0 Å². The summed E-state index contributed by atoms with van der Waals surface area (Å²) in [7, 11) is -4.05. The average molecular weight is 473 g/mol. The van der Waals surface area contributed by atoms with Gasteiger partial charge in [-0.05, 0) is 92.5 Å².